The van der Waals surface area contributed by atoms with Crippen molar-refractivity contribution < 1.29 is 4.74 Å². The first-order valence-electron chi connectivity index (χ1n) is 6.30. The van der Waals surface area contributed by atoms with Crippen molar-refractivity contribution in [2.45, 2.75) is 40.7 Å². The van der Waals surface area contributed by atoms with E-state index in [2.05, 4.69) is 29.1 Å². The van der Waals surface area contributed by atoms with Crippen LogP contribution in [0.3, 0.4) is 0 Å². The van der Waals surface area contributed by atoms with Crippen molar-refractivity contribution in [3.63, 3.8) is 0 Å². The molecule has 0 fully saturated rings. The Morgan fingerprint density at radius 1 is 1.22 bits per heavy atom. The molecule has 0 saturated heterocycles. The number of aromatic nitrogens is 2. The van der Waals surface area contributed by atoms with E-state index in [1.165, 1.54) is 0 Å². The van der Waals surface area contributed by atoms with Gasteiger partial charge in [-0.2, -0.15) is 0 Å². The summed E-state index contributed by atoms with van der Waals surface area (Å²) in [6.45, 7) is 11.4. The van der Waals surface area contributed by atoms with Gasteiger partial charge in [-0.25, -0.2) is 9.97 Å². The van der Waals surface area contributed by atoms with E-state index in [1.807, 2.05) is 20.8 Å². The number of hydrogen-bond acceptors (Lipinski definition) is 4. The molecular weight excluding hydrogens is 250 g/mol. The third kappa shape index (κ3) is 4.10. The molecule has 0 aliphatic heterocycles. The van der Waals surface area contributed by atoms with Gasteiger partial charge in [-0.3, -0.25) is 0 Å². The Kier molecular flexibility index (Phi) is 5.82. The standard InChI is InChI=1S/C13H22ClN3O/c1-6-18-7-11(8(2)3)17-13-12(14)15-9(4)10(5)16-13/h8,11H,6-7H2,1-5H3,(H,16,17). The van der Waals surface area contributed by atoms with Crippen LogP contribution in [0, 0.1) is 19.8 Å². The van der Waals surface area contributed by atoms with Crippen molar-refractivity contribution in [2.24, 2.45) is 5.92 Å². The molecule has 18 heavy (non-hydrogen) atoms. The van der Waals surface area contributed by atoms with Crippen LogP contribution < -0.4 is 5.32 Å². The monoisotopic (exact) mass is 271 g/mol. The Hall–Kier alpha value is -0.870. The quantitative estimate of drug-likeness (QED) is 0.863. The van der Waals surface area contributed by atoms with Crippen molar-refractivity contribution in [3.8, 4) is 0 Å². The third-order valence-corrected chi connectivity index (χ3v) is 3.16. The smallest absolute Gasteiger partial charge is 0.171 e. The number of hydrogen-bond donors (Lipinski definition) is 1. The minimum atomic E-state index is 0.179. The highest BCUT2D eigenvalue weighted by Crippen LogP contribution is 2.20. The fourth-order valence-corrected chi connectivity index (χ4v) is 1.71. The molecule has 102 valence electrons. The molecule has 0 saturated carbocycles. The summed E-state index contributed by atoms with van der Waals surface area (Å²) < 4.78 is 5.47. The molecule has 5 heteroatoms. The van der Waals surface area contributed by atoms with Gasteiger partial charge in [0.2, 0.25) is 0 Å². The summed E-state index contributed by atoms with van der Waals surface area (Å²) in [6, 6.07) is 0.179. The van der Waals surface area contributed by atoms with Gasteiger partial charge in [-0.1, -0.05) is 25.4 Å². The maximum atomic E-state index is 6.11. The summed E-state index contributed by atoms with van der Waals surface area (Å²) in [4.78, 5) is 8.71. The third-order valence-electron chi connectivity index (χ3n) is 2.89. The number of anilines is 1. The van der Waals surface area contributed by atoms with Gasteiger partial charge in [-0.05, 0) is 26.7 Å². The summed E-state index contributed by atoms with van der Waals surface area (Å²) in [7, 11) is 0. The maximum Gasteiger partial charge on any atom is 0.171 e. The molecule has 4 nitrogen and oxygen atoms in total. The topological polar surface area (TPSA) is 47.0 Å². The van der Waals surface area contributed by atoms with E-state index in [-0.39, 0.29) is 6.04 Å². The predicted molar refractivity (Wildman–Crippen MR) is 75.3 cm³/mol. The molecule has 1 heterocycles. The first kappa shape index (κ1) is 15.2. The number of aryl methyl sites for hydroxylation is 2. The second-order valence-electron chi connectivity index (χ2n) is 4.69. The van der Waals surface area contributed by atoms with Gasteiger partial charge < -0.3 is 10.1 Å². The van der Waals surface area contributed by atoms with Gasteiger partial charge in [0.1, 0.15) is 0 Å². The summed E-state index contributed by atoms with van der Waals surface area (Å²) in [5.74, 6) is 1.06. The highest BCUT2D eigenvalue weighted by molar-refractivity contribution is 6.31. The SMILES string of the molecule is CCOCC(Nc1nc(C)c(C)nc1Cl)C(C)C. The summed E-state index contributed by atoms with van der Waals surface area (Å²) in [5.41, 5.74) is 1.75. The first-order chi connectivity index (χ1) is 8.45. The fraction of sp³-hybridized carbons (Fsp3) is 0.692. The molecule has 0 spiro atoms. The van der Waals surface area contributed by atoms with Gasteiger partial charge in [0.25, 0.3) is 0 Å². The lowest BCUT2D eigenvalue weighted by Gasteiger charge is -2.23. The Morgan fingerprint density at radius 3 is 2.39 bits per heavy atom. The van der Waals surface area contributed by atoms with Crippen molar-refractivity contribution in [1.29, 1.82) is 0 Å². The molecule has 1 aromatic heterocycles. The normalized spacial score (nSPS) is 12.8. The van der Waals surface area contributed by atoms with Crippen LogP contribution in [-0.4, -0.2) is 29.2 Å². The predicted octanol–water partition coefficient (Wildman–Crippen LogP) is 3.22. The van der Waals surface area contributed by atoms with Crippen molar-refractivity contribution >= 4 is 17.4 Å². The van der Waals surface area contributed by atoms with Gasteiger partial charge in [0.15, 0.2) is 11.0 Å². The molecule has 1 unspecified atom stereocenters. The molecule has 0 radical (unpaired) electrons. The van der Waals surface area contributed by atoms with Gasteiger partial charge in [-0.15, -0.1) is 0 Å². The molecule has 0 aromatic carbocycles. The molecule has 0 bridgehead atoms. The van der Waals surface area contributed by atoms with E-state index in [0.29, 0.717) is 30.1 Å². The average molecular weight is 272 g/mol. The second kappa shape index (κ2) is 6.90. The lowest BCUT2D eigenvalue weighted by Crippen LogP contribution is -2.31. The van der Waals surface area contributed by atoms with Crippen molar-refractivity contribution in [1.82, 2.24) is 9.97 Å². The number of ether oxygens (including phenoxy) is 1. The highest BCUT2D eigenvalue weighted by atomic mass is 35.5. The van der Waals surface area contributed by atoms with E-state index in [4.69, 9.17) is 16.3 Å². The van der Waals surface area contributed by atoms with Crippen LogP contribution in [0.15, 0.2) is 0 Å². The molecule has 0 amide bonds. The molecule has 0 aliphatic carbocycles. The van der Waals surface area contributed by atoms with Crippen LogP contribution in [0.1, 0.15) is 32.2 Å². The van der Waals surface area contributed by atoms with Crippen molar-refractivity contribution in [3.05, 3.63) is 16.5 Å². The Labute approximate surface area is 114 Å². The van der Waals surface area contributed by atoms with Crippen LogP contribution in [0.25, 0.3) is 0 Å². The average Bonchev–Trinajstić information content (AvgIpc) is 2.30. The minimum Gasteiger partial charge on any atom is -0.380 e. The number of halogens is 1. The van der Waals surface area contributed by atoms with E-state index < -0.39 is 0 Å². The zero-order chi connectivity index (χ0) is 13.7. The largest absolute Gasteiger partial charge is 0.380 e. The molecule has 1 N–H and O–H groups in total. The van der Waals surface area contributed by atoms with Gasteiger partial charge in [0, 0.05) is 6.61 Å². The highest BCUT2D eigenvalue weighted by Gasteiger charge is 2.16. The molecule has 1 atom stereocenters. The lowest BCUT2D eigenvalue weighted by atomic mass is 10.1. The number of nitrogens with one attached hydrogen (secondary N) is 1. The van der Waals surface area contributed by atoms with Crippen molar-refractivity contribution in [2.75, 3.05) is 18.5 Å². The molecule has 0 aliphatic rings. The van der Waals surface area contributed by atoms with E-state index in [0.717, 1.165) is 11.4 Å². The summed E-state index contributed by atoms with van der Waals surface area (Å²) in [5, 5.41) is 3.74. The fourth-order valence-electron chi connectivity index (χ4n) is 1.49. The first-order valence-corrected chi connectivity index (χ1v) is 6.68. The van der Waals surface area contributed by atoms with Crippen LogP contribution in [0.5, 0.6) is 0 Å². The Bertz CT molecular complexity index is 396. The maximum absolute atomic E-state index is 6.11. The Morgan fingerprint density at radius 2 is 1.83 bits per heavy atom. The Balaban J connectivity index is 2.83. The number of rotatable bonds is 6. The van der Waals surface area contributed by atoms with E-state index in [1.54, 1.807) is 0 Å². The van der Waals surface area contributed by atoms with Crippen LogP contribution in [0.2, 0.25) is 5.15 Å². The zero-order valence-corrected chi connectivity index (χ0v) is 12.5. The van der Waals surface area contributed by atoms with Crippen LogP contribution in [0.4, 0.5) is 5.82 Å². The van der Waals surface area contributed by atoms with E-state index in [9.17, 15) is 0 Å². The summed E-state index contributed by atoms with van der Waals surface area (Å²) in [6.07, 6.45) is 0. The second-order valence-corrected chi connectivity index (χ2v) is 5.05. The summed E-state index contributed by atoms with van der Waals surface area (Å²) >= 11 is 6.11. The molecule has 1 rings (SSSR count). The van der Waals surface area contributed by atoms with Gasteiger partial charge >= 0.3 is 0 Å². The zero-order valence-electron chi connectivity index (χ0n) is 11.7. The minimum absolute atomic E-state index is 0.179. The van der Waals surface area contributed by atoms with Crippen LogP contribution in [-0.2, 0) is 4.74 Å². The lowest BCUT2D eigenvalue weighted by molar-refractivity contribution is 0.126. The number of nitrogens with zero attached hydrogens (tertiary/aromatic N) is 2. The van der Waals surface area contributed by atoms with Crippen LogP contribution >= 0.6 is 11.6 Å². The molecular formula is C13H22ClN3O. The molecule has 1 aromatic rings. The van der Waals surface area contributed by atoms with Gasteiger partial charge in [0.05, 0.1) is 24.0 Å². The van der Waals surface area contributed by atoms with E-state index >= 15 is 0 Å².